The molecule has 3 nitrogen and oxygen atoms in total. The number of pyridine rings is 1. The Morgan fingerprint density at radius 1 is 1.53 bits per heavy atom. The maximum atomic E-state index is 6.12. The molecule has 0 aliphatic heterocycles. The van der Waals surface area contributed by atoms with Crippen molar-refractivity contribution >= 4 is 29.2 Å². The summed E-state index contributed by atoms with van der Waals surface area (Å²) in [6.07, 6.45) is 3.25. The Kier molecular flexibility index (Phi) is 6.09. The van der Waals surface area contributed by atoms with Crippen LogP contribution in [0.25, 0.3) is 0 Å². The summed E-state index contributed by atoms with van der Waals surface area (Å²) < 4.78 is 0. The predicted octanol–water partition coefficient (Wildman–Crippen LogP) is 2.89. The number of rotatable bonds is 6. The number of nitrogen functional groups attached to an aromatic ring is 1. The zero-order valence-electron chi connectivity index (χ0n) is 10.6. The maximum Gasteiger partial charge on any atom is 0.123 e. The van der Waals surface area contributed by atoms with Gasteiger partial charge in [0, 0.05) is 18.3 Å². The molecule has 0 radical (unpaired) electrons. The molecule has 17 heavy (non-hydrogen) atoms. The molecule has 0 aliphatic carbocycles. The number of halogens is 1. The number of anilines is 1. The van der Waals surface area contributed by atoms with Crippen molar-refractivity contribution in [3.05, 3.63) is 22.8 Å². The Labute approximate surface area is 113 Å². The van der Waals surface area contributed by atoms with Gasteiger partial charge in [0.1, 0.15) is 5.82 Å². The lowest BCUT2D eigenvalue weighted by Crippen LogP contribution is -2.33. The summed E-state index contributed by atoms with van der Waals surface area (Å²) in [6.45, 7) is 2.94. The molecule has 1 heterocycles. The molecule has 0 bridgehead atoms. The molecule has 0 spiro atoms. The Balaban J connectivity index is 2.72. The minimum atomic E-state index is 0.524. The lowest BCUT2D eigenvalue weighted by Gasteiger charge is -2.26. The molecule has 0 fully saturated rings. The molecule has 0 aliphatic rings. The van der Waals surface area contributed by atoms with Gasteiger partial charge < -0.3 is 5.73 Å². The van der Waals surface area contributed by atoms with Gasteiger partial charge in [-0.1, -0.05) is 18.5 Å². The SMILES string of the molecule is CCC(CSC)N(C)Cc1nc(N)ccc1Cl. The number of nitrogens with two attached hydrogens (primary N) is 1. The van der Waals surface area contributed by atoms with E-state index in [1.807, 2.05) is 17.8 Å². The molecule has 2 N–H and O–H groups in total. The minimum Gasteiger partial charge on any atom is -0.384 e. The number of thioether (sulfide) groups is 1. The number of hydrogen-bond donors (Lipinski definition) is 1. The number of aromatic nitrogens is 1. The second-order valence-corrected chi connectivity index (χ2v) is 5.42. The average Bonchev–Trinajstić information content (AvgIpc) is 2.30. The van der Waals surface area contributed by atoms with Crippen molar-refractivity contribution in [2.75, 3.05) is 24.8 Å². The van der Waals surface area contributed by atoms with Crippen LogP contribution in [-0.2, 0) is 6.54 Å². The fraction of sp³-hybridized carbons (Fsp3) is 0.583. The Bertz CT molecular complexity index is 360. The molecule has 96 valence electrons. The molecule has 0 saturated heterocycles. The number of hydrogen-bond acceptors (Lipinski definition) is 4. The van der Waals surface area contributed by atoms with Crippen LogP contribution in [0.3, 0.4) is 0 Å². The Hall–Kier alpha value is -0.450. The van der Waals surface area contributed by atoms with Gasteiger partial charge in [0.2, 0.25) is 0 Å². The second-order valence-electron chi connectivity index (χ2n) is 4.10. The molecule has 1 atom stereocenters. The van der Waals surface area contributed by atoms with Crippen molar-refractivity contribution in [3.63, 3.8) is 0 Å². The van der Waals surface area contributed by atoms with Crippen molar-refractivity contribution < 1.29 is 0 Å². The van der Waals surface area contributed by atoms with Crippen LogP contribution in [0.4, 0.5) is 5.82 Å². The summed E-state index contributed by atoms with van der Waals surface area (Å²) >= 11 is 7.98. The van der Waals surface area contributed by atoms with Gasteiger partial charge in [-0.25, -0.2) is 4.98 Å². The average molecular weight is 274 g/mol. The van der Waals surface area contributed by atoms with E-state index >= 15 is 0 Å². The molecule has 5 heteroatoms. The van der Waals surface area contributed by atoms with E-state index in [4.69, 9.17) is 17.3 Å². The van der Waals surface area contributed by atoms with Crippen LogP contribution in [0.15, 0.2) is 12.1 Å². The molecule has 0 amide bonds. The third-order valence-corrected chi connectivity index (χ3v) is 3.86. The molecule has 1 aromatic rings. The largest absolute Gasteiger partial charge is 0.384 e. The van der Waals surface area contributed by atoms with E-state index in [0.29, 0.717) is 16.9 Å². The third-order valence-electron chi connectivity index (χ3n) is 2.79. The standard InChI is InChI=1S/C12H20ClN3S/c1-4-9(8-17-3)16(2)7-11-10(13)5-6-12(14)15-11/h5-6,9H,4,7-8H2,1-3H3,(H2,14,15). The van der Waals surface area contributed by atoms with Gasteiger partial charge in [0.15, 0.2) is 0 Å². The minimum absolute atomic E-state index is 0.524. The summed E-state index contributed by atoms with van der Waals surface area (Å²) in [5.74, 6) is 1.64. The first-order chi connectivity index (χ1) is 8.08. The van der Waals surface area contributed by atoms with E-state index in [1.54, 1.807) is 6.07 Å². The van der Waals surface area contributed by atoms with Crippen LogP contribution < -0.4 is 5.73 Å². The van der Waals surface area contributed by atoms with E-state index in [1.165, 1.54) is 0 Å². The van der Waals surface area contributed by atoms with Gasteiger partial charge in [-0.3, -0.25) is 4.90 Å². The highest BCUT2D eigenvalue weighted by atomic mass is 35.5. The highest BCUT2D eigenvalue weighted by molar-refractivity contribution is 7.98. The molecular weight excluding hydrogens is 254 g/mol. The summed E-state index contributed by atoms with van der Waals surface area (Å²) in [5, 5.41) is 0.685. The highest BCUT2D eigenvalue weighted by Crippen LogP contribution is 2.19. The lowest BCUT2D eigenvalue weighted by molar-refractivity contribution is 0.245. The summed E-state index contributed by atoms with van der Waals surface area (Å²) in [4.78, 5) is 6.57. The molecule has 1 aromatic heterocycles. The van der Waals surface area contributed by atoms with E-state index in [-0.39, 0.29) is 0 Å². The topological polar surface area (TPSA) is 42.2 Å². The van der Waals surface area contributed by atoms with Crippen molar-refractivity contribution in [2.45, 2.75) is 25.9 Å². The molecular formula is C12H20ClN3S. The van der Waals surface area contributed by atoms with Gasteiger partial charge in [-0.15, -0.1) is 0 Å². The number of nitrogens with zero attached hydrogens (tertiary/aromatic N) is 2. The molecule has 0 aromatic carbocycles. The monoisotopic (exact) mass is 273 g/mol. The first kappa shape index (κ1) is 14.6. The lowest BCUT2D eigenvalue weighted by atomic mass is 10.2. The Morgan fingerprint density at radius 3 is 2.82 bits per heavy atom. The highest BCUT2D eigenvalue weighted by Gasteiger charge is 2.14. The normalized spacial score (nSPS) is 13.0. The zero-order chi connectivity index (χ0) is 12.8. The predicted molar refractivity (Wildman–Crippen MR) is 77.6 cm³/mol. The van der Waals surface area contributed by atoms with Gasteiger partial charge in [0.05, 0.1) is 10.7 Å². The molecule has 0 saturated carbocycles. The van der Waals surface area contributed by atoms with E-state index < -0.39 is 0 Å². The second kappa shape index (κ2) is 7.09. The third kappa shape index (κ3) is 4.37. The summed E-state index contributed by atoms with van der Waals surface area (Å²) in [6, 6.07) is 4.08. The zero-order valence-corrected chi connectivity index (χ0v) is 12.2. The van der Waals surface area contributed by atoms with Crippen molar-refractivity contribution in [1.82, 2.24) is 9.88 Å². The Morgan fingerprint density at radius 2 is 2.24 bits per heavy atom. The smallest absolute Gasteiger partial charge is 0.123 e. The van der Waals surface area contributed by atoms with Crippen LogP contribution >= 0.6 is 23.4 Å². The van der Waals surface area contributed by atoms with Crippen LogP contribution in [0.2, 0.25) is 5.02 Å². The van der Waals surface area contributed by atoms with Gasteiger partial charge in [-0.05, 0) is 31.9 Å². The summed E-state index contributed by atoms with van der Waals surface area (Å²) in [5.41, 5.74) is 6.53. The maximum absolute atomic E-state index is 6.12. The quantitative estimate of drug-likeness (QED) is 0.865. The first-order valence-electron chi connectivity index (χ1n) is 5.68. The van der Waals surface area contributed by atoms with E-state index in [9.17, 15) is 0 Å². The fourth-order valence-corrected chi connectivity index (χ4v) is 2.77. The van der Waals surface area contributed by atoms with Crippen LogP contribution in [0.5, 0.6) is 0 Å². The fourth-order valence-electron chi connectivity index (χ4n) is 1.73. The van der Waals surface area contributed by atoms with Crippen LogP contribution in [-0.4, -0.2) is 35.0 Å². The molecule has 1 rings (SSSR count). The van der Waals surface area contributed by atoms with Crippen molar-refractivity contribution in [3.8, 4) is 0 Å². The van der Waals surface area contributed by atoms with E-state index in [2.05, 4.69) is 30.1 Å². The van der Waals surface area contributed by atoms with Gasteiger partial charge in [0.25, 0.3) is 0 Å². The van der Waals surface area contributed by atoms with E-state index in [0.717, 1.165) is 24.4 Å². The van der Waals surface area contributed by atoms with Crippen LogP contribution in [0, 0.1) is 0 Å². The summed E-state index contributed by atoms with van der Waals surface area (Å²) in [7, 11) is 2.10. The first-order valence-corrected chi connectivity index (χ1v) is 7.45. The van der Waals surface area contributed by atoms with Crippen molar-refractivity contribution in [2.24, 2.45) is 0 Å². The van der Waals surface area contributed by atoms with Gasteiger partial charge in [-0.2, -0.15) is 11.8 Å². The van der Waals surface area contributed by atoms with Crippen molar-refractivity contribution in [1.29, 1.82) is 0 Å². The van der Waals surface area contributed by atoms with Crippen LogP contribution in [0.1, 0.15) is 19.0 Å². The molecule has 1 unspecified atom stereocenters. The van der Waals surface area contributed by atoms with Gasteiger partial charge >= 0.3 is 0 Å².